The SMILES string of the molecule is CC(=Cc1ccc(F)cc1)C(=O)O.Cl. The van der Waals surface area contributed by atoms with Gasteiger partial charge >= 0.3 is 5.97 Å². The van der Waals surface area contributed by atoms with Crippen LogP contribution < -0.4 is 0 Å². The summed E-state index contributed by atoms with van der Waals surface area (Å²) in [7, 11) is 0. The molecule has 0 spiro atoms. The van der Waals surface area contributed by atoms with Gasteiger partial charge in [0.15, 0.2) is 0 Å². The van der Waals surface area contributed by atoms with E-state index >= 15 is 0 Å². The molecule has 0 amide bonds. The van der Waals surface area contributed by atoms with E-state index in [0.717, 1.165) is 0 Å². The Hall–Kier alpha value is -1.35. The Morgan fingerprint density at radius 3 is 2.29 bits per heavy atom. The van der Waals surface area contributed by atoms with Gasteiger partial charge in [-0.1, -0.05) is 12.1 Å². The number of hydrogen-bond donors (Lipinski definition) is 1. The van der Waals surface area contributed by atoms with Crippen LogP contribution >= 0.6 is 12.4 Å². The maximum atomic E-state index is 12.4. The van der Waals surface area contributed by atoms with Gasteiger partial charge in [0.2, 0.25) is 0 Å². The number of rotatable bonds is 2. The first kappa shape index (κ1) is 12.7. The molecule has 0 fully saturated rings. The minimum Gasteiger partial charge on any atom is -0.478 e. The van der Waals surface area contributed by atoms with Gasteiger partial charge in [0, 0.05) is 5.57 Å². The van der Waals surface area contributed by atoms with Crippen molar-refractivity contribution in [1.82, 2.24) is 0 Å². The number of halogens is 2. The summed E-state index contributed by atoms with van der Waals surface area (Å²) in [6, 6.07) is 5.64. The molecule has 0 aliphatic rings. The van der Waals surface area contributed by atoms with Crippen molar-refractivity contribution in [3.63, 3.8) is 0 Å². The van der Waals surface area contributed by atoms with Gasteiger partial charge in [0.05, 0.1) is 0 Å². The van der Waals surface area contributed by atoms with Gasteiger partial charge in [-0.15, -0.1) is 12.4 Å². The third kappa shape index (κ3) is 3.58. The molecule has 0 saturated carbocycles. The van der Waals surface area contributed by atoms with E-state index in [-0.39, 0.29) is 23.8 Å². The maximum Gasteiger partial charge on any atom is 0.331 e. The molecule has 0 heterocycles. The third-order valence-corrected chi connectivity index (χ3v) is 1.59. The fraction of sp³-hybridized carbons (Fsp3) is 0.100. The second kappa shape index (κ2) is 5.40. The van der Waals surface area contributed by atoms with Crippen LogP contribution in [0.4, 0.5) is 4.39 Å². The van der Waals surface area contributed by atoms with Crippen molar-refractivity contribution >= 4 is 24.5 Å². The molecule has 0 atom stereocenters. The van der Waals surface area contributed by atoms with Crippen LogP contribution in [-0.2, 0) is 4.79 Å². The molecule has 14 heavy (non-hydrogen) atoms. The highest BCUT2D eigenvalue weighted by Gasteiger charge is 1.99. The highest BCUT2D eigenvalue weighted by atomic mass is 35.5. The van der Waals surface area contributed by atoms with Crippen LogP contribution in [0.2, 0.25) is 0 Å². The van der Waals surface area contributed by atoms with E-state index in [1.54, 1.807) is 0 Å². The second-order valence-electron chi connectivity index (χ2n) is 2.68. The molecule has 0 saturated heterocycles. The molecule has 1 aromatic carbocycles. The van der Waals surface area contributed by atoms with E-state index in [2.05, 4.69) is 0 Å². The first-order chi connectivity index (χ1) is 6.09. The maximum absolute atomic E-state index is 12.4. The number of hydrogen-bond acceptors (Lipinski definition) is 1. The summed E-state index contributed by atoms with van der Waals surface area (Å²) in [4.78, 5) is 10.4. The molecular formula is C10H10ClFO2. The summed E-state index contributed by atoms with van der Waals surface area (Å²) in [6.07, 6.45) is 1.49. The molecule has 0 unspecified atom stereocenters. The second-order valence-corrected chi connectivity index (χ2v) is 2.68. The van der Waals surface area contributed by atoms with Crippen LogP contribution in [0.25, 0.3) is 6.08 Å². The van der Waals surface area contributed by atoms with Gasteiger partial charge in [-0.3, -0.25) is 0 Å². The first-order valence-corrected chi connectivity index (χ1v) is 3.77. The monoisotopic (exact) mass is 216 g/mol. The predicted molar refractivity (Wildman–Crippen MR) is 54.9 cm³/mol. The summed E-state index contributed by atoms with van der Waals surface area (Å²) in [5, 5.41) is 8.56. The normalized spacial score (nSPS) is 10.6. The standard InChI is InChI=1S/C10H9FO2.ClH/c1-7(10(12)13)6-8-2-4-9(11)5-3-8;/h2-6H,1H3,(H,12,13);1H. The topological polar surface area (TPSA) is 37.3 Å². The fourth-order valence-corrected chi connectivity index (χ4v) is 0.871. The van der Waals surface area contributed by atoms with E-state index < -0.39 is 5.97 Å². The highest BCUT2D eigenvalue weighted by Crippen LogP contribution is 2.07. The van der Waals surface area contributed by atoms with E-state index in [1.807, 2.05) is 0 Å². The van der Waals surface area contributed by atoms with Crippen molar-refractivity contribution in [3.05, 3.63) is 41.2 Å². The van der Waals surface area contributed by atoms with Crippen LogP contribution in [0.15, 0.2) is 29.8 Å². The van der Waals surface area contributed by atoms with E-state index in [0.29, 0.717) is 5.56 Å². The Morgan fingerprint density at radius 1 is 1.36 bits per heavy atom. The van der Waals surface area contributed by atoms with Gasteiger partial charge < -0.3 is 5.11 Å². The smallest absolute Gasteiger partial charge is 0.331 e. The Bertz CT molecular complexity index is 344. The van der Waals surface area contributed by atoms with Crippen molar-refractivity contribution in [2.75, 3.05) is 0 Å². The summed E-state index contributed by atoms with van der Waals surface area (Å²) < 4.78 is 12.4. The lowest BCUT2D eigenvalue weighted by Gasteiger charge is -1.94. The molecule has 0 aliphatic carbocycles. The third-order valence-electron chi connectivity index (χ3n) is 1.59. The van der Waals surface area contributed by atoms with Crippen LogP contribution in [-0.4, -0.2) is 11.1 Å². The zero-order valence-electron chi connectivity index (χ0n) is 7.53. The van der Waals surface area contributed by atoms with Crippen molar-refractivity contribution in [2.45, 2.75) is 6.92 Å². The number of benzene rings is 1. The number of aliphatic carboxylic acids is 1. The molecule has 1 aromatic rings. The van der Waals surface area contributed by atoms with Crippen LogP contribution in [0, 0.1) is 5.82 Å². The molecule has 4 heteroatoms. The average molecular weight is 217 g/mol. The quantitative estimate of drug-likeness (QED) is 0.772. The lowest BCUT2D eigenvalue weighted by molar-refractivity contribution is -0.132. The summed E-state index contributed by atoms with van der Waals surface area (Å²) in [5.74, 6) is -1.30. The van der Waals surface area contributed by atoms with Gasteiger partial charge in [-0.25, -0.2) is 9.18 Å². The Morgan fingerprint density at radius 2 is 1.86 bits per heavy atom. The van der Waals surface area contributed by atoms with Crippen molar-refractivity contribution in [3.8, 4) is 0 Å². The Labute approximate surface area is 87.5 Å². The van der Waals surface area contributed by atoms with Crippen LogP contribution in [0.3, 0.4) is 0 Å². The van der Waals surface area contributed by atoms with E-state index in [4.69, 9.17) is 5.11 Å². The van der Waals surface area contributed by atoms with Gasteiger partial charge in [-0.05, 0) is 30.7 Å². The van der Waals surface area contributed by atoms with E-state index in [9.17, 15) is 9.18 Å². The minimum absolute atomic E-state index is 0. The van der Waals surface area contributed by atoms with Gasteiger partial charge in [0.1, 0.15) is 5.82 Å². The highest BCUT2D eigenvalue weighted by molar-refractivity contribution is 5.91. The molecule has 0 aromatic heterocycles. The van der Waals surface area contributed by atoms with Crippen molar-refractivity contribution in [2.24, 2.45) is 0 Å². The molecule has 76 valence electrons. The molecular weight excluding hydrogens is 207 g/mol. The largest absolute Gasteiger partial charge is 0.478 e. The molecule has 0 bridgehead atoms. The summed E-state index contributed by atoms with van der Waals surface area (Å²) in [5.41, 5.74) is 0.910. The lowest BCUT2D eigenvalue weighted by Crippen LogP contribution is -1.95. The molecule has 0 radical (unpaired) electrons. The van der Waals surface area contributed by atoms with Crippen LogP contribution in [0.5, 0.6) is 0 Å². The van der Waals surface area contributed by atoms with Crippen molar-refractivity contribution in [1.29, 1.82) is 0 Å². The number of carbonyl (C=O) groups is 1. The molecule has 1 rings (SSSR count). The van der Waals surface area contributed by atoms with Crippen LogP contribution in [0.1, 0.15) is 12.5 Å². The van der Waals surface area contributed by atoms with E-state index in [1.165, 1.54) is 37.3 Å². The van der Waals surface area contributed by atoms with Crippen molar-refractivity contribution < 1.29 is 14.3 Å². The summed E-state index contributed by atoms with van der Waals surface area (Å²) in [6.45, 7) is 1.49. The Kier molecular flexibility index (Phi) is 4.87. The zero-order valence-corrected chi connectivity index (χ0v) is 8.34. The summed E-state index contributed by atoms with van der Waals surface area (Å²) >= 11 is 0. The molecule has 0 aliphatic heterocycles. The average Bonchev–Trinajstić information content (AvgIpc) is 2.08. The zero-order chi connectivity index (χ0) is 9.84. The molecule has 2 nitrogen and oxygen atoms in total. The predicted octanol–water partition coefficient (Wildman–Crippen LogP) is 2.74. The Balaban J connectivity index is 0.00000169. The fourth-order valence-electron chi connectivity index (χ4n) is 0.871. The number of carboxylic acid groups (broad SMARTS) is 1. The van der Waals surface area contributed by atoms with Gasteiger partial charge in [-0.2, -0.15) is 0 Å². The first-order valence-electron chi connectivity index (χ1n) is 3.77. The number of carboxylic acids is 1. The minimum atomic E-state index is -0.968. The lowest BCUT2D eigenvalue weighted by atomic mass is 10.1. The molecule has 1 N–H and O–H groups in total. The van der Waals surface area contributed by atoms with Gasteiger partial charge in [0.25, 0.3) is 0 Å².